The van der Waals surface area contributed by atoms with Crippen LogP contribution < -0.4 is 4.89 Å². The number of rotatable bonds is 0. The van der Waals surface area contributed by atoms with Crippen molar-refractivity contribution in [3.8, 4) is 0 Å². The van der Waals surface area contributed by atoms with Gasteiger partial charge in [-0.3, -0.25) is 0 Å². The molecule has 0 aliphatic carbocycles. The lowest BCUT2D eigenvalue weighted by Crippen LogP contribution is -2.06. The van der Waals surface area contributed by atoms with Crippen LogP contribution in [0.1, 0.15) is 0 Å². The summed E-state index contributed by atoms with van der Waals surface area (Å²) in [4.78, 5) is 9.16. The van der Waals surface area contributed by atoms with Gasteiger partial charge in [-0.2, -0.15) is 0 Å². The highest BCUT2D eigenvalue weighted by Gasteiger charge is 2.40. The summed E-state index contributed by atoms with van der Waals surface area (Å²) in [5, 5.41) is 5.61. The molecule has 0 heterocycles. The van der Waals surface area contributed by atoms with Crippen LogP contribution in [0.5, 0.6) is 0 Å². The quantitative estimate of drug-likeness (QED) is 0.490. The smallest absolute Gasteiger partial charge is 0.581 e. The summed E-state index contributed by atoms with van der Waals surface area (Å²) >= 11 is 0. The van der Waals surface area contributed by atoms with E-state index >= 15 is 0 Å². The Morgan fingerprint density at radius 2 is 1.57 bits per heavy atom. The molecule has 6 heteroatoms. The van der Waals surface area contributed by atoms with E-state index in [1.165, 1.54) is 0 Å². The van der Waals surface area contributed by atoms with Crippen LogP contribution in [0.4, 0.5) is 13.2 Å². The van der Waals surface area contributed by atoms with Gasteiger partial charge in [-0.05, 0) is 0 Å². The second-order valence-electron chi connectivity index (χ2n) is 0.762. The first kappa shape index (κ1) is 6.85. The fourth-order valence-corrected chi connectivity index (χ4v) is 0. The monoisotopic (exact) mass is 131 g/mol. The summed E-state index contributed by atoms with van der Waals surface area (Å²) in [7, 11) is -3.74. The standard InChI is InChI=1S/CHF3NOP/c2-1(3,4)7(5)6/h5H. The van der Waals surface area contributed by atoms with Crippen molar-refractivity contribution in [3.05, 3.63) is 0 Å². The molecule has 0 rings (SSSR count). The normalized spacial score (nSPS) is 14.0. The minimum absolute atomic E-state index is 3.74. The highest BCUT2D eigenvalue weighted by molar-refractivity contribution is 7.38. The van der Waals surface area contributed by atoms with Crippen molar-refractivity contribution >= 4 is 7.94 Å². The van der Waals surface area contributed by atoms with Crippen molar-refractivity contribution in [1.29, 1.82) is 5.16 Å². The molecule has 0 radical (unpaired) electrons. The minimum atomic E-state index is -4.82. The lowest BCUT2D eigenvalue weighted by Gasteiger charge is -1.93. The van der Waals surface area contributed by atoms with Crippen LogP contribution in [-0.4, -0.2) is 5.92 Å². The lowest BCUT2D eigenvalue weighted by molar-refractivity contribution is -0.191. The van der Waals surface area contributed by atoms with E-state index < -0.39 is 13.9 Å². The molecule has 1 atom stereocenters. The van der Waals surface area contributed by atoms with Crippen LogP contribution >= 0.6 is 7.94 Å². The number of halogens is 3. The maximum Gasteiger partial charge on any atom is 0.581 e. The molecule has 0 saturated heterocycles. The van der Waals surface area contributed by atoms with Gasteiger partial charge in [0.05, 0.1) is 0 Å². The summed E-state index contributed by atoms with van der Waals surface area (Å²) in [5.41, 5.74) is 0. The van der Waals surface area contributed by atoms with Gasteiger partial charge in [0.1, 0.15) is 0 Å². The summed E-state index contributed by atoms with van der Waals surface area (Å²) in [5.74, 6) is -4.82. The molecule has 0 saturated carbocycles. The maximum absolute atomic E-state index is 10.7. The molecule has 0 aliphatic heterocycles. The Hall–Kier alpha value is -0.150. The van der Waals surface area contributed by atoms with Crippen molar-refractivity contribution in [2.45, 2.75) is 5.92 Å². The topological polar surface area (TPSA) is 46.9 Å². The van der Waals surface area contributed by atoms with Crippen LogP contribution in [0.15, 0.2) is 0 Å². The highest BCUT2D eigenvalue weighted by Crippen LogP contribution is 2.36. The molecule has 7 heavy (non-hydrogen) atoms. The van der Waals surface area contributed by atoms with Crippen molar-refractivity contribution in [1.82, 2.24) is 0 Å². The first-order chi connectivity index (χ1) is 2.94. The molecular formula is CHF3NOP. The summed E-state index contributed by atoms with van der Waals surface area (Å²) < 4.78 is 32.1. The number of hydrogen-bond acceptors (Lipinski definition) is 2. The minimum Gasteiger partial charge on any atom is -0.605 e. The van der Waals surface area contributed by atoms with Gasteiger partial charge in [-0.25, -0.2) is 0 Å². The van der Waals surface area contributed by atoms with E-state index in [2.05, 4.69) is 0 Å². The van der Waals surface area contributed by atoms with Gasteiger partial charge in [-0.1, -0.05) is 0 Å². The number of nitrogens with one attached hydrogen (secondary N) is 1. The van der Waals surface area contributed by atoms with Crippen LogP contribution in [0.2, 0.25) is 0 Å². The Bertz CT molecular complexity index is 87.4. The zero-order valence-electron chi connectivity index (χ0n) is 2.99. The molecule has 0 fully saturated rings. The third kappa shape index (κ3) is 2.53. The number of alkyl halides is 3. The maximum atomic E-state index is 10.7. The van der Waals surface area contributed by atoms with E-state index in [0.29, 0.717) is 0 Å². The predicted molar refractivity (Wildman–Crippen MR) is 15.7 cm³/mol. The zero-order valence-corrected chi connectivity index (χ0v) is 3.88. The van der Waals surface area contributed by atoms with Crippen molar-refractivity contribution in [2.75, 3.05) is 0 Å². The van der Waals surface area contributed by atoms with Crippen molar-refractivity contribution < 1.29 is 18.1 Å². The van der Waals surface area contributed by atoms with E-state index in [1.54, 1.807) is 0 Å². The second-order valence-corrected chi connectivity index (χ2v) is 1.86. The Balaban J connectivity index is 3.79. The highest BCUT2D eigenvalue weighted by atomic mass is 31.1. The molecule has 2 nitrogen and oxygen atoms in total. The van der Waals surface area contributed by atoms with Gasteiger partial charge in [0.25, 0.3) is 7.94 Å². The van der Waals surface area contributed by atoms with Crippen LogP contribution in [0.25, 0.3) is 0 Å². The third-order valence-corrected chi connectivity index (χ3v) is 0.691. The van der Waals surface area contributed by atoms with Gasteiger partial charge < -0.3 is 4.89 Å². The van der Waals surface area contributed by atoms with Gasteiger partial charge in [0.15, 0.2) is 0 Å². The third-order valence-electron chi connectivity index (χ3n) is 0.230. The fourth-order valence-electron chi connectivity index (χ4n) is 0. The summed E-state index contributed by atoms with van der Waals surface area (Å²) in [6.07, 6.45) is 0. The first-order valence-corrected chi connectivity index (χ1v) is 2.46. The Labute approximate surface area is 38.3 Å². The molecule has 0 aromatic heterocycles. The second kappa shape index (κ2) is 1.76. The number of hydrogen-bond donors (Lipinski definition) is 1. The van der Waals surface area contributed by atoms with E-state index in [0.717, 1.165) is 0 Å². The lowest BCUT2D eigenvalue weighted by atomic mass is 11.6. The Morgan fingerprint density at radius 3 is 1.57 bits per heavy atom. The molecule has 0 aromatic carbocycles. The van der Waals surface area contributed by atoms with Crippen molar-refractivity contribution in [2.24, 2.45) is 0 Å². The van der Waals surface area contributed by atoms with Crippen LogP contribution in [0, 0.1) is 5.16 Å². The zero-order chi connectivity index (χ0) is 6.08. The molecule has 1 N–H and O–H groups in total. The molecule has 0 bridgehead atoms. The van der Waals surface area contributed by atoms with Gasteiger partial charge in [-0.15, -0.1) is 18.3 Å². The van der Waals surface area contributed by atoms with E-state index in [9.17, 15) is 13.2 Å². The van der Waals surface area contributed by atoms with Crippen LogP contribution in [-0.2, 0) is 0 Å². The van der Waals surface area contributed by atoms with Crippen LogP contribution in [0.3, 0.4) is 0 Å². The largest absolute Gasteiger partial charge is 0.605 e. The first-order valence-electron chi connectivity index (χ1n) is 1.20. The molecule has 42 valence electrons. The predicted octanol–water partition coefficient (Wildman–Crippen LogP) is 1.03. The van der Waals surface area contributed by atoms with Gasteiger partial charge in [0.2, 0.25) is 0 Å². The van der Waals surface area contributed by atoms with Gasteiger partial charge >= 0.3 is 5.92 Å². The summed E-state index contributed by atoms with van der Waals surface area (Å²) in [6.45, 7) is 0. The molecule has 0 amide bonds. The summed E-state index contributed by atoms with van der Waals surface area (Å²) in [6, 6.07) is 0. The molecule has 0 aliphatic rings. The van der Waals surface area contributed by atoms with Gasteiger partial charge in [0, 0.05) is 0 Å². The molecule has 1 unspecified atom stereocenters. The molecule has 0 spiro atoms. The molecular weight excluding hydrogens is 130 g/mol. The van der Waals surface area contributed by atoms with E-state index in [1.807, 2.05) is 0 Å². The van der Waals surface area contributed by atoms with E-state index in [-0.39, 0.29) is 0 Å². The molecule has 0 aromatic rings. The average molecular weight is 131 g/mol. The fraction of sp³-hybridized carbons (Fsp3) is 1.00. The van der Waals surface area contributed by atoms with Crippen molar-refractivity contribution in [3.63, 3.8) is 0 Å². The SMILES string of the molecule is N=[P+]([O-])C(F)(F)F. The van der Waals surface area contributed by atoms with E-state index in [4.69, 9.17) is 10.1 Å². The average Bonchev–Trinajstić information content (AvgIpc) is 1.31. The Morgan fingerprint density at radius 1 is 1.43 bits per heavy atom. The Kier molecular flexibility index (Phi) is 1.72.